The van der Waals surface area contributed by atoms with E-state index in [-0.39, 0.29) is 17.6 Å². The van der Waals surface area contributed by atoms with E-state index in [1.54, 1.807) is 48.5 Å². The second-order valence-corrected chi connectivity index (χ2v) is 8.26. The number of benzene rings is 2. The van der Waals surface area contributed by atoms with Crippen LogP contribution in [0.5, 0.6) is 0 Å². The van der Waals surface area contributed by atoms with Gasteiger partial charge in [0.2, 0.25) is 5.91 Å². The third-order valence-corrected chi connectivity index (χ3v) is 6.14. The number of piperidine rings is 1. The zero-order valence-electron chi connectivity index (χ0n) is 18.1. The van der Waals surface area contributed by atoms with Crippen molar-refractivity contribution in [2.75, 3.05) is 20.1 Å². The van der Waals surface area contributed by atoms with Crippen molar-refractivity contribution in [2.45, 2.75) is 19.3 Å². The highest BCUT2D eigenvalue weighted by Crippen LogP contribution is 2.35. The van der Waals surface area contributed by atoms with Crippen LogP contribution in [0.3, 0.4) is 0 Å². The number of carbonyl (C=O) groups excluding carboxylic acids is 2. The van der Waals surface area contributed by atoms with Gasteiger partial charge in [0.25, 0.3) is 5.91 Å². The van der Waals surface area contributed by atoms with Crippen LogP contribution in [0.4, 0.5) is 4.39 Å². The number of aromatic nitrogens is 1. The molecule has 0 aliphatic carbocycles. The Labute approximate surface area is 187 Å². The Morgan fingerprint density at radius 3 is 2.50 bits per heavy atom. The zero-order valence-corrected chi connectivity index (χ0v) is 18.1. The zero-order chi connectivity index (χ0) is 22.6. The summed E-state index contributed by atoms with van der Waals surface area (Å²) in [6.07, 6.45) is 3.52. The van der Waals surface area contributed by atoms with Gasteiger partial charge in [0.15, 0.2) is 0 Å². The van der Waals surface area contributed by atoms with Crippen molar-refractivity contribution in [1.29, 1.82) is 0 Å². The molecule has 164 valence electrons. The Balaban J connectivity index is 1.57. The van der Waals surface area contributed by atoms with Gasteiger partial charge in [0, 0.05) is 31.9 Å². The van der Waals surface area contributed by atoms with Crippen molar-refractivity contribution in [3.63, 3.8) is 0 Å². The minimum absolute atomic E-state index is 0.0748. The summed E-state index contributed by atoms with van der Waals surface area (Å²) >= 11 is 0. The number of nitrogens with one attached hydrogen (secondary N) is 1. The first-order valence-electron chi connectivity index (χ1n) is 10.8. The van der Waals surface area contributed by atoms with Crippen LogP contribution in [0.25, 0.3) is 11.1 Å². The molecule has 2 amide bonds. The Kier molecular flexibility index (Phi) is 6.30. The summed E-state index contributed by atoms with van der Waals surface area (Å²) in [6, 6.07) is 19.6. The highest BCUT2D eigenvalue weighted by Gasteiger charge is 2.43. The molecule has 3 aromatic rings. The van der Waals surface area contributed by atoms with Crippen LogP contribution in [0.15, 0.2) is 72.9 Å². The molecule has 0 saturated carbocycles. The number of hydrogen-bond acceptors (Lipinski definition) is 3. The molecular weight excluding hydrogens is 405 g/mol. The minimum Gasteiger partial charge on any atom is -0.359 e. The van der Waals surface area contributed by atoms with Gasteiger partial charge in [-0.25, -0.2) is 4.39 Å². The molecule has 1 aromatic heterocycles. The Morgan fingerprint density at radius 2 is 1.81 bits per heavy atom. The van der Waals surface area contributed by atoms with Gasteiger partial charge in [-0.3, -0.25) is 14.6 Å². The van der Waals surface area contributed by atoms with Crippen LogP contribution in [0, 0.1) is 11.2 Å². The number of halogens is 1. The van der Waals surface area contributed by atoms with E-state index in [1.807, 2.05) is 30.3 Å². The standard InChI is InChI=1S/C26H26FN3O2/c1-28-25(32)26(14-6-16-30(18-26)24(31)23-9-4-5-15-29-23)17-19-10-12-20(13-11-19)21-7-2-3-8-22(21)27/h2-5,7-13,15H,6,14,16-18H2,1H3,(H,28,32)/t26-/m1/s1. The summed E-state index contributed by atoms with van der Waals surface area (Å²) in [4.78, 5) is 31.9. The molecule has 1 fully saturated rings. The number of rotatable bonds is 5. The monoisotopic (exact) mass is 431 g/mol. The highest BCUT2D eigenvalue weighted by atomic mass is 19.1. The molecule has 0 unspecified atom stereocenters. The first kappa shape index (κ1) is 21.7. The van der Waals surface area contributed by atoms with E-state index in [4.69, 9.17) is 0 Å². The normalized spacial score (nSPS) is 18.2. The summed E-state index contributed by atoms with van der Waals surface area (Å²) in [6.45, 7) is 0.928. The molecule has 1 aliphatic rings. The molecule has 4 rings (SSSR count). The first-order valence-corrected chi connectivity index (χ1v) is 10.8. The third-order valence-electron chi connectivity index (χ3n) is 6.14. The third kappa shape index (κ3) is 4.40. The van der Waals surface area contributed by atoms with Gasteiger partial charge >= 0.3 is 0 Å². The molecule has 6 heteroatoms. The van der Waals surface area contributed by atoms with E-state index in [0.29, 0.717) is 37.2 Å². The molecular formula is C26H26FN3O2. The van der Waals surface area contributed by atoms with Crippen molar-refractivity contribution in [3.8, 4) is 11.1 Å². The lowest BCUT2D eigenvalue weighted by Crippen LogP contribution is -2.54. The summed E-state index contributed by atoms with van der Waals surface area (Å²) in [7, 11) is 1.63. The maximum Gasteiger partial charge on any atom is 0.272 e. The van der Waals surface area contributed by atoms with Crippen LogP contribution in [-0.2, 0) is 11.2 Å². The van der Waals surface area contributed by atoms with E-state index < -0.39 is 5.41 Å². The Hall–Kier alpha value is -3.54. The topological polar surface area (TPSA) is 62.3 Å². The predicted octanol–water partition coefficient (Wildman–Crippen LogP) is 4.10. The molecule has 5 nitrogen and oxygen atoms in total. The smallest absolute Gasteiger partial charge is 0.272 e. The van der Waals surface area contributed by atoms with Crippen molar-refractivity contribution in [3.05, 3.63) is 90.0 Å². The molecule has 1 atom stereocenters. The molecule has 0 bridgehead atoms. The average Bonchev–Trinajstić information content (AvgIpc) is 2.84. The van der Waals surface area contributed by atoms with Gasteiger partial charge in [0.05, 0.1) is 5.41 Å². The predicted molar refractivity (Wildman–Crippen MR) is 121 cm³/mol. The second kappa shape index (κ2) is 9.30. The van der Waals surface area contributed by atoms with Crippen molar-refractivity contribution in [2.24, 2.45) is 5.41 Å². The highest BCUT2D eigenvalue weighted by molar-refractivity contribution is 5.93. The fourth-order valence-corrected chi connectivity index (χ4v) is 4.52. The fourth-order valence-electron chi connectivity index (χ4n) is 4.52. The number of carbonyl (C=O) groups is 2. The van der Waals surface area contributed by atoms with Gasteiger partial charge in [-0.1, -0.05) is 48.5 Å². The van der Waals surface area contributed by atoms with Gasteiger partial charge in [0.1, 0.15) is 11.5 Å². The lowest BCUT2D eigenvalue weighted by Gasteiger charge is -2.41. The van der Waals surface area contributed by atoms with E-state index >= 15 is 0 Å². The largest absolute Gasteiger partial charge is 0.359 e. The maximum atomic E-state index is 14.1. The Bertz CT molecular complexity index is 1100. The molecule has 32 heavy (non-hydrogen) atoms. The molecule has 2 aromatic carbocycles. The van der Waals surface area contributed by atoms with E-state index in [1.165, 1.54) is 6.07 Å². The summed E-state index contributed by atoms with van der Waals surface area (Å²) in [5.74, 6) is -0.499. The lowest BCUT2D eigenvalue weighted by molar-refractivity contribution is -0.133. The first-order chi connectivity index (χ1) is 15.5. The summed E-state index contributed by atoms with van der Waals surface area (Å²) in [5, 5.41) is 2.80. The van der Waals surface area contributed by atoms with Gasteiger partial charge < -0.3 is 10.2 Å². The van der Waals surface area contributed by atoms with Crippen LogP contribution in [0.1, 0.15) is 28.9 Å². The van der Waals surface area contributed by atoms with Crippen molar-refractivity contribution >= 4 is 11.8 Å². The molecule has 1 saturated heterocycles. The van der Waals surface area contributed by atoms with E-state index in [2.05, 4.69) is 10.3 Å². The summed E-state index contributed by atoms with van der Waals surface area (Å²) in [5.41, 5.74) is 1.97. The molecule has 1 N–H and O–H groups in total. The number of hydrogen-bond donors (Lipinski definition) is 1. The quantitative estimate of drug-likeness (QED) is 0.662. The number of likely N-dealkylation sites (tertiary alicyclic amines) is 1. The number of pyridine rings is 1. The van der Waals surface area contributed by atoms with Gasteiger partial charge in [-0.2, -0.15) is 0 Å². The van der Waals surface area contributed by atoms with Gasteiger partial charge in [-0.05, 0) is 48.6 Å². The van der Waals surface area contributed by atoms with Crippen LogP contribution in [0.2, 0.25) is 0 Å². The Morgan fingerprint density at radius 1 is 1.06 bits per heavy atom. The number of nitrogens with zero attached hydrogens (tertiary/aromatic N) is 2. The van der Waals surface area contributed by atoms with Crippen molar-refractivity contribution in [1.82, 2.24) is 15.2 Å². The van der Waals surface area contributed by atoms with Crippen LogP contribution in [-0.4, -0.2) is 41.8 Å². The van der Waals surface area contributed by atoms with Crippen LogP contribution < -0.4 is 5.32 Å². The van der Waals surface area contributed by atoms with E-state index in [9.17, 15) is 14.0 Å². The van der Waals surface area contributed by atoms with E-state index in [0.717, 1.165) is 17.5 Å². The lowest BCUT2D eigenvalue weighted by atomic mass is 9.74. The molecule has 2 heterocycles. The maximum absolute atomic E-state index is 14.1. The minimum atomic E-state index is -0.725. The average molecular weight is 432 g/mol. The van der Waals surface area contributed by atoms with Gasteiger partial charge in [-0.15, -0.1) is 0 Å². The molecule has 1 aliphatic heterocycles. The van der Waals surface area contributed by atoms with Crippen molar-refractivity contribution < 1.29 is 14.0 Å². The molecule has 0 radical (unpaired) electrons. The molecule has 0 spiro atoms. The SMILES string of the molecule is CNC(=O)[C@@]1(Cc2ccc(-c3ccccc3F)cc2)CCCN(C(=O)c2ccccn2)C1. The van der Waals surface area contributed by atoms with Crippen LogP contribution >= 0.6 is 0 Å². The fraction of sp³-hybridized carbons (Fsp3) is 0.269. The second-order valence-electron chi connectivity index (χ2n) is 8.26. The number of amides is 2. The summed E-state index contributed by atoms with van der Waals surface area (Å²) < 4.78 is 14.1.